The average molecular weight is 457 g/mol. The van der Waals surface area contributed by atoms with E-state index in [9.17, 15) is 14.0 Å². The van der Waals surface area contributed by atoms with Crippen molar-refractivity contribution < 1.29 is 14.0 Å². The van der Waals surface area contributed by atoms with Gasteiger partial charge in [0.1, 0.15) is 5.82 Å². The monoisotopic (exact) mass is 456 g/mol. The van der Waals surface area contributed by atoms with Crippen LogP contribution in [0.4, 0.5) is 14.9 Å². The number of amides is 3. The molecule has 0 aliphatic carbocycles. The van der Waals surface area contributed by atoms with E-state index in [2.05, 4.69) is 15.6 Å². The van der Waals surface area contributed by atoms with Crippen LogP contribution >= 0.6 is 22.9 Å². The van der Waals surface area contributed by atoms with E-state index in [1.807, 2.05) is 6.07 Å². The Morgan fingerprint density at radius 1 is 1.13 bits per heavy atom. The molecule has 0 radical (unpaired) electrons. The topological polar surface area (TPSA) is 73.8 Å². The third-order valence-corrected chi connectivity index (χ3v) is 6.02. The molecule has 1 atom stereocenters. The molecule has 0 spiro atoms. The number of nitrogens with one attached hydrogen (secondary N) is 2. The third-order valence-electron chi connectivity index (χ3n) is 4.79. The van der Waals surface area contributed by atoms with Gasteiger partial charge in [-0.05, 0) is 30.3 Å². The van der Waals surface area contributed by atoms with Gasteiger partial charge in [-0.25, -0.2) is 14.2 Å². The molecular formula is C22H18ClFN4O2S. The second kappa shape index (κ2) is 8.87. The summed E-state index contributed by atoms with van der Waals surface area (Å²) in [4.78, 5) is 32.3. The van der Waals surface area contributed by atoms with Gasteiger partial charge in [0.15, 0.2) is 0 Å². The molecule has 2 heterocycles. The molecule has 31 heavy (non-hydrogen) atoms. The highest BCUT2D eigenvalue weighted by Gasteiger charge is 2.31. The molecule has 1 unspecified atom stereocenters. The van der Waals surface area contributed by atoms with Crippen LogP contribution in [0.1, 0.15) is 16.0 Å². The van der Waals surface area contributed by atoms with Crippen molar-refractivity contribution in [1.82, 2.24) is 10.6 Å². The molecule has 2 N–H and O–H groups in total. The number of likely N-dealkylation sites (N-methyl/N-ethyl adjacent to an activating group) is 1. The highest BCUT2D eigenvalue weighted by atomic mass is 35.5. The molecule has 1 aliphatic rings. The minimum absolute atomic E-state index is 0.249. The summed E-state index contributed by atoms with van der Waals surface area (Å²) in [5, 5.41) is 5.28. The maximum Gasteiger partial charge on any atom is 0.317 e. The van der Waals surface area contributed by atoms with Crippen LogP contribution in [0.25, 0.3) is 0 Å². The molecule has 6 nitrogen and oxygen atoms in total. The summed E-state index contributed by atoms with van der Waals surface area (Å²) in [5.74, 6) is -0.904. The molecule has 1 aliphatic heterocycles. The van der Waals surface area contributed by atoms with Crippen molar-refractivity contribution in [2.24, 2.45) is 4.99 Å². The lowest BCUT2D eigenvalue weighted by molar-refractivity contribution is -0.119. The first kappa shape index (κ1) is 21.0. The zero-order valence-electron chi connectivity index (χ0n) is 16.4. The molecule has 0 fully saturated rings. The summed E-state index contributed by atoms with van der Waals surface area (Å²) < 4.78 is 15.2. The standard InChI is InChI=1S/C22H18ClFN4O2S/c1-28-17-9-5-3-7-15(17)19(14-6-2-4-8-16(14)24)26-20(21(28)29)27-22(30)25-12-13-10-11-18(23)31-13/h2-11,20H,12H2,1H3,(H2,25,27,30). The van der Waals surface area contributed by atoms with Gasteiger partial charge in [0.25, 0.3) is 5.91 Å². The SMILES string of the molecule is CN1C(=O)C(NC(=O)NCc2ccc(Cl)s2)N=C(c2ccccc2F)c2ccccc21. The van der Waals surface area contributed by atoms with Crippen molar-refractivity contribution in [3.63, 3.8) is 0 Å². The Morgan fingerprint density at radius 2 is 1.84 bits per heavy atom. The summed E-state index contributed by atoms with van der Waals surface area (Å²) in [5.41, 5.74) is 1.72. The van der Waals surface area contributed by atoms with Gasteiger partial charge in [0, 0.05) is 23.1 Å². The van der Waals surface area contributed by atoms with Crippen LogP contribution in [0.2, 0.25) is 4.34 Å². The molecule has 158 valence electrons. The van der Waals surface area contributed by atoms with E-state index in [0.29, 0.717) is 21.3 Å². The number of anilines is 1. The number of halogens is 2. The number of thiophene rings is 1. The van der Waals surface area contributed by atoms with Crippen molar-refractivity contribution in [3.8, 4) is 0 Å². The first-order valence-corrected chi connectivity index (χ1v) is 10.6. The Hall–Kier alpha value is -3.23. The predicted octanol–water partition coefficient (Wildman–Crippen LogP) is 4.18. The van der Waals surface area contributed by atoms with Crippen LogP contribution in [-0.4, -0.2) is 30.9 Å². The lowest BCUT2D eigenvalue weighted by Crippen LogP contribution is -2.49. The number of para-hydroxylation sites is 1. The summed E-state index contributed by atoms with van der Waals surface area (Å²) in [6, 6.07) is 16.3. The van der Waals surface area contributed by atoms with Gasteiger partial charge in [0.2, 0.25) is 6.17 Å². The highest BCUT2D eigenvalue weighted by Crippen LogP contribution is 2.28. The molecule has 0 saturated heterocycles. The van der Waals surface area contributed by atoms with Crippen LogP contribution < -0.4 is 15.5 Å². The fraction of sp³-hybridized carbons (Fsp3) is 0.136. The van der Waals surface area contributed by atoms with E-state index >= 15 is 0 Å². The van der Waals surface area contributed by atoms with E-state index in [-0.39, 0.29) is 12.1 Å². The maximum atomic E-state index is 14.6. The molecule has 3 aromatic rings. The van der Waals surface area contributed by atoms with Gasteiger partial charge in [-0.15, -0.1) is 11.3 Å². The minimum Gasteiger partial charge on any atom is -0.333 e. The first-order chi connectivity index (χ1) is 14.9. The van der Waals surface area contributed by atoms with Crippen molar-refractivity contribution in [3.05, 3.63) is 86.8 Å². The van der Waals surface area contributed by atoms with Gasteiger partial charge in [0.05, 0.1) is 22.3 Å². The summed E-state index contributed by atoms with van der Waals surface area (Å²) >= 11 is 7.26. The number of nitrogens with zero attached hydrogens (tertiary/aromatic N) is 2. The minimum atomic E-state index is -1.22. The number of benzene rings is 2. The number of urea groups is 1. The van der Waals surface area contributed by atoms with Crippen LogP contribution in [0.3, 0.4) is 0 Å². The second-order valence-electron chi connectivity index (χ2n) is 6.81. The third kappa shape index (κ3) is 4.45. The van der Waals surface area contributed by atoms with Crippen LogP contribution in [0.15, 0.2) is 65.7 Å². The maximum absolute atomic E-state index is 14.6. The number of hydrogen-bond acceptors (Lipinski definition) is 4. The number of aliphatic imine (C=N–C) groups is 1. The normalized spacial score (nSPS) is 15.7. The van der Waals surface area contributed by atoms with E-state index in [0.717, 1.165) is 4.88 Å². The highest BCUT2D eigenvalue weighted by molar-refractivity contribution is 7.16. The van der Waals surface area contributed by atoms with E-state index < -0.39 is 23.9 Å². The van der Waals surface area contributed by atoms with Gasteiger partial charge in [-0.1, -0.05) is 41.9 Å². The van der Waals surface area contributed by atoms with Crippen LogP contribution in [0, 0.1) is 5.82 Å². The van der Waals surface area contributed by atoms with Crippen molar-refractivity contribution in [2.45, 2.75) is 12.7 Å². The molecular weight excluding hydrogens is 439 g/mol. The number of rotatable bonds is 4. The van der Waals surface area contributed by atoms with Gasteiger partial charge in [-0.3, -0.25) is 4.79 Å². The Bertz CT molecular complexity index is 1180. The summed E-state index contributed by atoms with van der Waals surface area (Å²) in [6.45, 7) is 0.254. The lowest BCUT2D eigenvalue weighted by atomic mass is 10.00. The molecule has 0 bridgehead atoms. The van der Waals surface area contributed by atoms with Gasteiger partial charge >= 0.3 is 6.03 Å². The molecule has 3 amide bonds. The Morgan fingerprint density at radius 3 is 2.55 bits per heavy atom. The number of carbonyl (C=O) groups is 2. The van der Waals surface area contributed by atoms with Gasteiger partial charge < -0.3 is 15.5 Å². The molecule has 0 saturated carbocycles. The Labute approximate surface area is 187 Å². The molecule has 9 heteroatoms. The van der Waals surface area contributed by atoms with Gasteiger partial charge in [-0.2, -0.15) is 0 Å². The van der Waals surface area contributed by atoms with E-state index in [1.165, 1.54) is 22.3 Å². The van der Waals surface area contributed by atoms with Crippen LogP contribution in [0.5, 0.6) is 0 Å². The zero-order valence-corrected chi connectivity index (χ0v) is 18.0. The lowest BCUT2D eigenvalue weighted by Gasteiger charge is -2.20. The number of benzodiazepines with no additional fused rings is 1. The van der Waals surface area contributed by atoms with Crippen molar-refractivity contribution >= 4 is 46.3 Å². The summed E-state index contributed by atoms with van der Waals surface area (Å²) in [7, 11) is 1.60. The fourth-order valence-electron chi connectivity index (χ4n) is 3.27. The fourth-order valence-corrected chi connectivity index (χ4v) is 4.30. The molecule has 4 rings (SSSR count). The van der Waals surface area contributed by atoms with Crippen molar-refractivity contribution in [2.75, 3.05) is 11.9 Å². The largest absolute Gasteiger partial charge is 0.333 e. The second-order valence-corrected chi connectivity index (χ2v) is 8.61. The summed E-state index contributed by atoms with van der Waals surface area (Å²) in [6.07, 6.45) is -1.22. The molecule has 2 aromatic carbocycles. The number of hydrogen-bond donors (Lipinski definition) is 2. The van der Waals surface area contributed by atoms with Crippen molar-refractivity contribution in [1.29, 1.82) is 0 Å². The number of carbonyl (C=O) groups excluding carboxylic acids is 2. The van der Waals surface area contributed by atoms with E-state index in [4.69, 9.17) is 11.6 Å². The quantitative estimate of drug-likeness (QED) is 0.618. The average Bonchev–Trinajstić information content (AvgIpc) is 3.16. The van der Waals surface area contributed by atoms with E-state index in [1.54, 1.807) is 55.6 Å². The first-order valence-electron chi connectivity index (χ1n) is 9.42. The predicted molar refractivity (Wildman–Crippen MR) is 120 cm³/mol. The number of fused-ring (bicyclic) bond motifs is 1. The molecule has 1 aromatic heterocycles. The smallest absolute Gasteiger partial charge is 0.317 e. The zero-order chi connectivity index (χ0) is 22.0. The van der Waals surface area contributed by atoms with Crippen LogP contribution in [-0.2, 0) is 11.3 Å². The Balaban J connectivity index is 1.65. The Kier molecular flexibility index (Phi) is 6.01.